The molecule has 86 valence electrons. The second-order valence-electron chi connectivity index (χ2n) is 3.24. The standard InChI is InChI=1S/C11H15N3O2/c1-2-16-10-5-3-9(4-6-10)11(7-8-15)13-14-12/h3-6,11,15H,2,7-8H2,1H3. The molecule has 0 spiro atoms. The van der Waals surface area contributed by atoms with Gasteiger partial charge < -0.3 is 9.84 Å². The Morgan fingerprint density at radius 3 is 2.62 bits per heavy atom. The van der Waals surface area contributed by atoms with Crippen LogP contribution >= 0.6 is 0 Å². The molecule has 1 aromatic carbocycles. The van der Waals surface area contributed by atoms with Crippen LogP contribution in [0, 0.1) is 0 Å². The van der Waals surface area contributed by atoms with Gasteiger partial charge in [-0.05, 0) is 36.6 Å². The fourth-order valence-electron chi connectivity index (χ4n) is 1.43. The van der Waals surface area contributed by atoms with Crippen LogP contribution in [0.15, 0.2) is 29.4 Å². The van der Waals surface area contributed by atoms with Crippen LogP contribution in [0.25, 0.3) is 10.4 Å². The number of rotatable bonds is 6. The molecule has 16 heavy (non-hydrogen) atoms. The molecule has 0 bridgehead atoms. The van der Waals surface area contributed by atoms with Crippen LogP contribution in [-0.2, 0) is 0 Å². The Kier molecular flexibility index (Phi) is 5.19. The minimum absolute atomic E-state index is 0.00308. The summed E-state index contributed by atoms with van der Waals surface area (Å²) in [6, 6.07) is 7.04. The molecule has 5 heteroatoms. The molecule has 0 saturated carbocycles. The normalized spacial score (nSPS) is 11.6. The molecule has 0 aliphatic carbocycles. The van der Waals surface area contributed by atoms with Gasteiger partial charge in [-0.25, -0.2) is 0 Å². The molecular weight excluding hydrogens is 206 g/mol. The Balaban J connectivity index is 2.80. The molecule has 0 amide bonds. The maximum absolute atomic E-state index is 8.86. The van der Waals surface area contributed by atoms with E-state index in [0.29, 0.717) is 13.0 Å². The monoisotopic (exact) mass is 221 g/mol. The average molecular weight is 221 g/mol. The summed E-state index contributed by atoms with van der Waals surface area (Å²) in [5.74, 6) is 0.787. The number of nitrogens with zero attached hydrogens (tertiary/aromatic N) is 3. The number of azide groups is 1. The third-order valence-corrected chi connectivity index (χ3v) is 2.17. The average Bonchev–Trinajstić information content (AvgIpc) is 2.30. The first kappa shape index (κ1) is 12.4. The maximum atomic E-state index is 8.86. The van der Waals surface area contributed by atoms with Gasteiger partial charge in [-0.15, -0.1) is 0 Å². The van der Waals surface area contributed by atoms with Crippen molar-refractivity contribution in [3.63, 3.8) is 0 Å². The van der Waals surface area contributed by atoms with Gasteiger partial charge in [0.05, 0.1) is 12.6 Å². The Labute approximate surface area is 94.3 Å². The largest absolute Gasteiger partial charge is 0.494 e. The summed E-state index contributed by atoms with van der Waals surface area (Å²) in [6.07, 6.45) is 0.429. The van der Waals surface area contributed by atoms with Gasteiger partial charge in [-0.3, -0.25) is 0 Å². The molecule has 0 radical (unpaired) electrons. The SMILES string of the molecule is CCOc1ccc(C(CCO)N=[N+]=[N-])cc1. The zero-order valence-corrected chi connectivity index (χ0v) is 9.21. The topological polar surface area (TPSA) is 78.2 Å². The van der Waals surface area contributed by atoms with Crippen molar-refractivity contribution in [3.05, 3.63) is 40.3 Å². The van der Waals surface area contributed by atoms with Gasteiger partial charge in [0.2, 0.25) is 0 Å². The van der Waals surface area contributed by atoms with E-state index in [1.807, 2.05) is 31.2 Å². The van der Waals surface area contributed by atoms with Gasteiger partial charge >= 0.3 is 0 Å². The van der Waals surface area contributed by atoms with E-state index in [0.717, 1.165) is 11.3 Å². The van der Waals surface area contributed by atoms with E-state index in [4.69, 9.17) is 15.4 Å². The number of ether oxygens (including phenoxy) is 1. The van der Waals surface area contributed by atoms with Crippen molar-refractivity contribution in [1.29, 1.82) is 0 Å². The van der Waals surface area contributed by atoms with Gasteiger partial charge in [-0.2, -0.15) is 0 Å². The Morgan fingerprint density at radius 1 is 1.44 bits per heavy atom. The van der Waals surface area contributed by atoms with Crippen molar-refractivity contribution in [3.8, 4) is 5.75 Å². The van der Waals surface area contributed by atoms with Crippen molar-refractivity contribution < 1.29 is 9.84 Å². The molecule has 0 heterocycles. The molecular formula is C11H15N3O2. The number of hydrogen-bond acceptors (Lipinski definition) is 3. The molecule has 1 N–H and O–H groups in total. The molecule has 0 aliphatic heterocycles. The smallest absolute Gasteiger partial charge is 0.119 e. The number of hydrogen-bond donors (Lipinski definition) is 1. The summed E-state index contributed by atoms with van der Waals surface area (Å²) in [7, 11) is 0. The summed E-state index contributed by atoms with van der Waals surface area (Å²) in [6.45, 7) is 2.54. The fourth-order valence-corrected chi connectivity index (χ4v) is 1.43. The predicted octanol–water partition coefficient (Wildman–Crippen LogP) is 2.82. The molecule has 0 aliphatic rings. The van der Waals surface area contributed by atoms with Crippen LogP contribution in [0.2, 0.25) is 0 Å². The number of aliphatic hydroxyl groups is 1. The Hall–Kier alpha value is -1.71. The maximum Gasteiger partial charge on any atom is 0.119 e. The van der Waals surface area contributed by atoms with E-state index in [9.17, 15) is 0 Å². The molecule has 1 aromatic rings. The summed E-state index contributed by atoms with van der Waals surface area (Å²) in [4.78, 5) is 2.77. The summed E-state index contributed by atoms with van der Waals surface area (Å²) in [5, 5.41) is 12.5. The molecule has 5 nitrogen and oxygen atoms in total. The van der Waals surface area contributed by atoms with Crippen LogP contribution in [0.3, 0.4) is 0 Å². The van der Waals surface area contributed by atoms with Crippen molar-refractivity contribution in [1.82, 2.24) is 0 Å². The first-order valence-electron chi connectivity index (χ1n) is 5.19. The van der Waals surface area contributed by atoms with E-state index in [1.54, 1.807) is 0 Å². The fraction of sp³-hybridized carbons (Fsp3) is 0.455. The van der Waals surface area contributed by atoms with Crippen molar-refractivity contribution in [2.45, 2.75) is 19.4 Å². The van der Waals surface area contributed by atoms with E-state index in [1.165, 1.54) is 0 Å². The lowest BCUT2D eigenvalue weighted by atomic mass is 10.1. The molecule has 0 saturated heterocycles. The number of aliphatic hydroxyl groups excluding tert-OH is 1. The Bertz CT molecular complexity index is 358. The van der Waals surface area contributed by atoms with Crippen LogP contribution in [-0.4, -0.2) is 18.3 Å². The van der Waals surface area contributed by atoms with Crippen LogP contribution in [0.5, 0.6) is 5.75 Å². The highest BCUT2D eigenvalue weighted by Gasteiger charge is 2.08. The van der Waals surface area contributed by atoms with E-state index in [-0.39, 0.29) is 12.6 Å². The minimum Gasteiger partial charge on any atom is -0.494 e. The summed E-state index contributed by atoms with van der Waals surface area (Å²) >= 11 is 0. The van der Waals surface area contributed by atoms with Gasteiger partial charge in [0.25, 0.3) is 0 Å². The molecule has 1 unspecified atom stereocenters. The third kappa shape index (κ3) is 3.46. The quantitative estimate of drug-likeness (QED) is 0.455. The van der Waals surface area contributed by atoms with Gasteiger partial charge in [0.1, 0.15) is 5.75 Å². The van der Waals surface area contributed by atoms with Crippen LogP contribution in [0.4, 0.5) is 0 Å². The predicted molar refractivity (Wildman–Crippen MR) is 61.2 cm³/mol. The lowest BCUT2D eigenvalue weighted by molar-refractivity contribution is 0.276. The van der Waals surface area contributed by atoms with E-state index < -0.39 is 0 Å². The zero-order chi connectivity index (χ0) is 11.8. The molecule has 0 fully saturated rings. The van der Waals surface area contributed by atoms with Crippen molar-refractivity contribution in [2.75, 3.05) is 13.2 Å². The highest BCUT2D eigenvalue weighted by Crippen LogP contribution is 2.23. The highest BCUT2D eigenvalue weighted by molar-refractivity contribution is 5.29. The number of benzene rings is 1. The summed E-state index contributed by atoms with van der Waals surface area (Å²) < 4.78 is 5.31. The second kappa shape index (κ2) is 6.71. The minimum atomic E-state index is -0.314. The third-order valence-electron chi connectivity index (χ3n) is 2.17. The van der Waals surface area contributed by atoms with Gasteiger partial charge in [0, 0.05) is 11.5 Å². The first-order chi connectivity index (χ1) is 7.81. The Morgan fingerprint density at radius 2 is 2.12 bits per heavy atom. The first-order valence-corrected chi connectivity index (χ1v) is 5.19. The van der Waals surface area contributed by atoms with E-state index >= 15 is 0 Å². The van der Waals surface area contributed by atoms with Gasteiger partial charge in [-0.1, -0.05) is 17.2 Å². The molecule has 1 rings (SSSR count). The second-order valence-corrected chi connectivity index (χ2v) is 3.24. The van der Waals surface area contributed by atoms with Crippen LogP contribution < -0.4 is 4.74 Å². The van der Waals surface area contributed by atoms with Crippen molar-refractivity contribution >= 4 is 0 Å². The van der Waals surface area contributed by atoms with E-state index in [2.05, 4.69) is 10.0 Å². The zero-order valence-electron chi connectivity index (χ0n) is 9.21. The van der Waals surface area contributed by atoms with Gasteiger partial charge in [0.15, 0.2) is 0 Å². The lowest BCUT2D eigenvalue weighted by Gasteiger charge is -2.10. The van der Waals surface area contributed by atoms with Crippen LogP contribution in [0.1, 0.15) is 24.9 Å². The highest BCUT2D eigenvalue weighted by atomic mass is 16.5. The molecule has 1 atom stereocenters. The van der Waals surface area contributed by atoms with Crippen molar-refractivity contribution in [2.24, 2.45) is 5.11 Å². The lowest BCUT2D eigenvalue weighted by Crippen LogP contribution is -1.98. The molecule has 0 aromatic heterocycles. The summed E-state index contributed by atoms with van der Waals surface area (Å²) in [5.41, 5.74) is 9.30.